The van der Waals surface area contributed by atoms with E-state index in [9.17, 15) is 9.59 Å². The van der Waals surface area contributed by atoms with Crippen molar-refractivity contribution in [2.24, 2.45) is 0 Å². The summed E-state index contributed by atoms with van der Waals surface area (Å²) in [6.07, 6.45) is 1.72. The Morgan fingerprint density at radius 1 is 1.18 bits per heavy atom. The van der Waals surface area contributed by atoms with Crippen LogP contribution in [-0.4, -0.2) is 51.2 Å². The minimum absolute atomic E-state index is 0.255. The highest BCUT2D eigenvalue weighted by Crippen LogP contribution is 2.13. The van der Waals surface area contributed by atoms with Crippen molar-refractivity contribution in [1.82, 2.24) is 10.6 Å². The average molecular weight is 401 g/mol. The van der Waals surface area contributed by atoms with Crippen molar-refractivity contribution in [3.63, 3.8) is 0 Å². The largest absolute Gasteiger partial charge is 0.370 e. The molecule has 2 amide bonds. The van der Waals surface area contributed by atoms with Gasteiger partial charge in [-0.1, -0.05) is 23.8 Å². The minimum atomic E-state index is -0.295. The summed E-state index contributed by atoms with van der Waals surface area (Å²) in [5, 5.41) is 7.63. The van der Waals surface area contributed by atoms with Crippen LogP contribution in [0.1, 0.15) is 20.8 Å². The molecule has 3 N–H and O–H groups in total. The van der Waals surface area contributed by atoms with Gasteiger partial charge in [-0.15, -0.1) is 11.3 Å². The van der Waals surface area contributed by atoms with Crippen molar-refractivity contribution >= 4 is 29.2 Å². The van der Waals surface area contributed by atoms with Crippen molar-refractivity contribution < 1.29 is 19.2 Å². The van der Waals surface area contributed by atoms with Gasteiger partial charge < -0.3 is 20.3 Å². The maximum atomic E-state index is 12.7. The predicted octanol–water partition coefficient (Wildman–Crippen LogP) is 0.859. The van der Waals surface area contributed by atoms with Gasteiger partial charge in [0, 0.05) is 10.4 Å². The molecule has 0 atom stereocenters. The highest BCUT2D eigenvalue weighted by atomic mass is 32.1. The molecule has 148 valence electrons. The summed E-state index contributed by atoms with van der Waals surface area (Å²) in [5.41, 5.74) is 1.85. The zero-order valence-electron chi connectivity index (χ0n) is 16.0. The summed E-state index contributed by atoms with van der Waals surface area (Å²) >= 11 is 1.51. The lowest BCUT2D eigenvalue weighted by atomic mass is 10.1. The first-order chi connectivity index (χ1) is 13.6. The number of carbonyl (C=O) groups excluding carboxylic acids is 2. The third kappa shape index (κ3) is 6.02. The number of ether oxygens (including phenoxy) is 1. The first-order valence-corrected chi connectivity index (χ1v) is 10.3. The summed E-state index contributed by atoms with van der Waals surface area (Å²) < 4.78 is 5.35. The molecule has 2 aromatic rings. The Bertz CT molecular complexity index is 810. The molecule has 7 heteroatoms. The molecule has 0 spiro atoms. The highest BCUT2D eigenvalue weighted by Gasteiger charge is 2.17. The first-order valence-electron chi connectivity index (χ1n) is 9.44. The van der Waals surface area contributed by atoms with Crippen LogP contribution in [0.3, 0.4) is 0 Å². The van der Waals surface area contributed by atoms with Crippen molar-refractivity contribution in [2.45, 2.75) is 6.92 Å². The second-order valence-electron chi connectivity index (χ2n) is 6.76. The lowest BCUT2D eigenvalue weighted by molar-refractivity contribution is -0.906. The Morgan fingerprint density at radius 2 is 1.93 bits per heavy atom. The van der Waals surface area contributed by atoms with Gasteiger partial charge in [-0.3, -0.25) is 9.59 Å². The van der Waals surface area contributed by atoms with E-state index in [0.29, 0.717) is 12.1 Å². The standard InChI is InChI=1S/C21H25N3O3S/c1-16-4-6-17(7-5-16)20(25)23-19(15-18-3-2-14-28-18)21(26)22-8-9-24-10-12-27-13-11-24/h2-7,14-15H,8-13H2,1H3,(H,22,26)(H,23,25)/p+1/b19-15+. The maximum Gasteiger partial charge on any atom is 0.268 e. The molecule has 6 nitrogen and oxygen atoms in total. The quantitative estimate of drug-likeness (QED) is 0.604. The van der Waals surface area contributed by atoms with Gasteiger partial charge in [0.05, 0.1) is 26.3 Å². The van der Waals surface area contributed by atoms with E-state index in [0.717, 1.165) is 43.3 Å². The van der Waals surface area contributed by atoms with Crippen LogP contribution >= 0.6 is 11.3 Å². The van der Waals surface area contributed by atoms with Crippen LogP contribution in [0.5, 0.6) is 0 Å². The maximum absolute atomic E-state index is 12.7. The van der Waals surface area contributed by atoms with E-state index in [2.05, 4.69) is 10.6 Å². The number of hydrogen-bond donors (Lipinski definition) is 3. The van der Waals surface area contributed by atoms with E-state index in [1.165, 1.54) is 16.2 Å². The molecular formula is C21H26N3O3S+. The van der Waals surface area contributed by atoms with E-state index >= 15 is 0 Å². The molecule has 1 aromatic heterocycles. The average Bonchev–Trinajstić information content (AvgIpc) is 3.22. The van der Waals surface area contributed by atoms with Gasteiger partial charge >= 0.3 is 0 Å². The third-order valence-electron chi connectivity index (χ3n) is 4.60. The summed E-state index contributed by atoms with van der Waals surface area (Å²) in [4.78, 5) is 27.6. The minimum Gasteiger partial charge on any atom is -0.370 e. The monoisotopic (exact) mass is 400 g/mol. The molecule has 0 aliphatic carbocycles. The number of nitrogens with one attached hydrogen (secondary N) is 3. The number of benzene rings is 1. The second-order valence-corrected chi connectivity index (χ2v) is 7.74. The fourth-order valence-electron chi connectivity index (χ4n) is 2.93. The molecule has 1 fully saturated rings. The van der Waals surface area contributed by atoms with E-state index in [1.54, 1.807) is 18.2 Å². The number of morpholine rings is 1. The molecule has 0 saturated carbocycles. The second kappa shape index (κ2) is 10.2. The van der Waals surface area contributed by atoms with Crippen LogP contribution in [0.15, 0.2) is 47.5 Å². The molecule has 1 aromatic carbocycles. The number of quaternary nitrogens is 1. The molecule has 3 rings (SSSR count). The van der Waals surface area contributed by atoms with Gasteiger partial charge in [-0.05, 0) is 36.6 Å². The van der Waals surface area contributed by atoms with Crippen LogP contribution in [-0.2, 0) is 9.53 Å². The smallest absolute Gasteiger partial charge is 0.268 e. The van der Waals surface area contributed by atoms with E-state index in [4.69, 9.17) is 4.74 Å². The number of rotatable bonds is 7. The lowest BCUT2D eigenvalue weighted by Gasteiger charge is -2.23. The Kier molecular flexibility index (Phi) is 7.36. The van der Waals surface area contributed by atoms with Crippen LogP contribution < -0.4 is 15.5 Å². The van der Waals surface area contributed by atoms with Gasteiger partial charge in [0.1, 0.15) is 18.8 Å². The SMILES string of the molecule is Cc1ccc(C(=O)N/C(=C/c2cccs2)C(=O)NCC[NH+]2CCOCC2)cc1. The van der Waals surface area contributed by atoms with Crippen molar-refractivity contribution in [1.29, 1.82) is 0 Å². The molecule has 0 bridgehead atoms. The molecule has 0 unspecified atom stereocenters. The van der Waals surface area contributed by atoms with E-state index in [-0.39, 0.29) is 17.5 Å². The number of hydrogen-bond acceptors (Lipinski definition) is 4. The third-order valence-corrected chi connectivity index (χ3v) is 5.42. The highest BCUT2D eigenvalue weighted by molar-refractivity contribution is 7.10. The molecule has 28 heavy (non-hydrogen) atoms. The molecule has 1 aliphatic rings. The van der Waals surface area contributed by atoms with Gasteiger partial charge in [0.25, 0.3) is 11.8 Å². The number of amides is 2. The number of thiophene rings is 1. The number of carbonyl (C=O) groups is 2. The van der Waals surface area contributed by atoms with E-state index < -0.39 is 0 Å². The Balaban J connectivity index is 1.63. The molecule has 0 radical (unpaired) electrons. The van der Waals surface area contributed by atoms with Crippen LogP contribution in [0.4, 0.5) is 0 Å². The van der Waals surface area contributed by atoms with E-state index in [1.807, 2.05) is 36.6 Å². The normalized spacial score (nSPS) is 15.2. The molecule has 1 aliphatic heterocycles. The number of aryl methyl sites for hydroxylation is 1. The molecule has 2 heterocycles. The van der Waals surface area contributed by atoms with Crippen LogP contribution in [0.25, 0.3) is 6.08 Å². The summed E-state index contributed by atoms with van der Waals surface area (Å²) in [7, 11) is 0. The zero-order chi connectivity index (χ0) is 19.8. The summed E-state index contributed by atoms with van der Waals surface area (Å²) in [5.74, 6) is -0.571. The fraction of sp³-hybridized carbons (Fsp3) is 0.333. The Labute approximate surface area is 169 Å². The van der Waals surface area contributed by atoms with Crippen LogP contribution in [0.2, 0.25) is 0 Å². The molecule has 1 saturated heterocycles. The van der Waals surface area contributed by atoms with Crippen LogP contribution in [0, 0.1) is 6.92 Å². The van der Waals surface area contributed by atoms with Gasteiger partial charge in [0.15, 0.2) is 0 Å². The topological polar surface area (TPSA) is 71.9 Å². The van der Waals surface area contributed by atoms with Crippen molar-refractivity contribution in [3.05, 3.63) is 63.5 Å². The predicted molar refractivity (Wildman–Crippen MR) is 110 cm³/mol. The lowest BCUT2D eigenvalue weighted by Crippen LogP contribution is -3.14. The van der Waals surface area contributed by atoms with Crippen molar-refractivity contribution in [3.8, 4) is 0 Å². The summed E-state index contributed by atoms with van der Waals surface area (Å²) in [6.45, 7) is 6.80. The Hall–Kier alpha value is -2.48. The summed E-state index contributed by atoms with van der Waals surface area (Å²) in [6, 6.07) is 11.1. The fourth-order valence-corrected chi connectivity index (χ4v) is 3.59. The zero-order valence-corrected chi connectivity index (χ0v) is 16.8. The molecular weight excluding hydrogens is 374 g/mol. The van der Waals surface area contributed by atoms with Gasteiger partial charge in [-0.25, -0.2) is 0 Å². The Morgan fingerprint density at radius 3 is 2.61 bits per heavy atom. The van der Waals surface area contributed by atoms with Gasteiger partial charge in [0.2, 0.25) is 0 Å². The van der Waals surface area contributed by atoms with Crippen molar-refractivity contribution in [2.75, 3.05) is 39.4 Å². The first kappa shape index (κ1) is 20.3. The van der Waals surface area contributed by atoms with Gasteiger partial charge in [-0.2, -0.15) is 0 Å².